The summed E-state index contributed by atoms with van der Waals surface area (Å²) in [6, 6.07) is 64.7. The molecule has 6 aromatic rings. The first kappa shape index (κ1) is 49.1. The quantitative estimate of drug-likeness (QED) is 0.0705. The summed E-state index contributed by atoms with van der Waals surface area (Å²) >= 11 is 0. The topological polar surface area (TPSA) is 21.6 Å². The average molecular weight is 1000 g/mol. The predicted octanol–water partition coefficient (Wildman–Crippen LogP) is 11.0. The van der Waals surface area contributed by atoms with Crippen LogP contribution in [0.2, 0.25) is 0 Å². The molecular weight excluding hydrogens is 959 g/mol. The maximum absolute atomic E-state index is 9.75. The monoisotopic (exact) mass is 1000 g/mol. The number of halogens is 7. The summed E-state index contributed by atoms with van der Waals surface area (Å²) in [6.07, 6.45) is 0. The van der Waals surface area contributed by atoms with E-state index in [9.17, 15) is 30.4 Å². The summed E-state index contributed by atoms with van der Waals surface area (Å²) in [4.78, 5) is 4.20. The molecule has 302 valence electrons. The van der Waals surface area contributed by atoms with Crippen LogP contribution in [0.3, 0.4) is 0 Å². The number of nitrogens with zero attached hydrogens (tertiary/aromatic N) is 1. The molecule has 57 heavy (non-hydrogen) atoms. The summed E-state index contributed by atoms with van der Waals surface area (Å²) in [5.74, 6) is 0.905. The molecule has 0 bridgehead atoms. The van der Waals surface area contributed by atoms with Gasteiger partial charge in [0.05, 0.1) is 6.54 Å². The van der Waals surface area contributed by atoms with E-state index in [4.69, 9.17) is 4.74 Å². The van der Waals surface area contributed by atoms with E-state index >= 15 is 0 Å². The van der Waals surface area contributed by atoms with Crippen LogP contribution in [0.5, 0.6) is 0 Å². The second-order valence-corrected chi connectivity index (χ2v) is 17.1. The van der Waals surface area contributed by atoms with Gasteiger partial charge in [-0.15, -0.1) is 0 Å². The number of aliphatic imine (C=N–C) groups is 1. The Balaban J connectivity index is 0.000000276. The van der Waals surface area contributed by atoms with Gasteiger partial charge in [0.2, 0.25) is 0 Å². The maximum Gasteiger partial charge on any atom is 2.00 e. The minimum Gasteiger partial charge on any atom is -0.479 e. The van der Waals surface area contributed by atoms with Crippen molar-refractivity contribution < 1.29 is 56.2 Å². The molecule has 1 aliphatic heterocycles. The van der Waals surface area contributed by atoms with Crippen molar-refractivity contribution in [2.75, 3.05) is 13.2 Å². The number of hydrogen-bond acceptors (Lipinski definition) is 2. The molecule has 0 saturated heterocycles. The van der Waals surface area contributed by atoms with E-state index in [2.05, 4.69) is 208 Å². The Kier molecular flexibility index (Phi) is 22.4. The van der Waals surface area contributed by atoms with Crippen LogP contribution in [0, 0.1) is 12.1 Å². The largest absolute Gasteiger partial charge is 2.00 e. The first-order valence-corrected chi connectivity index (χ1v) is 20.2. The van der Waals surface area contributed by atoms with Crippen LogP contribution >= 0.6 is 15.8 Å². The second kappa shape index (κ2) is 26.0. The van der Waals surface area contributed by atoms with Gasteiger partial charge in [-0.2, -0.15) is 0 Å². The van der Waals surface area contributed by atoms with E-state index in [1.54, 1.807) is 0 Å². The molecule has 0 amide bonds. The third kappa shape index (κ3) is 19.8. The van der Waals surface area contributed by atoms with Gasteiger partial charge in [0.25, 0.3) is 0 Å². The Morgan fingerprint density at radius 1 is 0.474 bits per heavy atom. The van der Waals surface area contributed by atoms with E-state index < -0.39 is 29.8 Å². The van der Waals surface area contributed by atoms with Gasteiger partial charge in [-0.3, -0.25) is 4.99 Å². The van der Waals surface area contributed by atoms with Crippen LogP contribution in [0.15, 0.2) is 187 Å². The molecule has 7 rings (SSSR count). The molecule has 0 spiro atoms. The fraction of sp³-hybridized carbons (Fsp3) is 0.136. The fourth-order valence-corrected chi connectivity index (χ4v) is 9.76. The summed E-state index contributed by atoms with van der Waals surface area (Å²) in [6.45, 7) is 4.85. The van der Waals surface area contributed by atoms with Crippen LogP contribution in [-0.2, 0) is 25.8 Å². The Hall–Kier alpha value is -4.09. The minimum absolute atomic E-state index is 0. The van der Waals surface area contributed by atoms with Crippen LogP contribution in [0.1, 0.15) is 20.8 Å². The van der Waals surface area contributed by atoms with E-state index in [-0.39, 0.29) is 26.5 Å². The van der Waals surface area contributed by atoms with Crippen LogP contribution in [-0.4, -0.2) is 26.3 Å². The Labute approximate surface area is 348 Å². The SMILES string of the molecule is CC(C)(C)C1=NCCO1.F[B-](F)(F)F.F[C-](F)F.[Pt+2].c1ccc(P(c2ccccc2)c2ccccc2)cc1.c1ccc(P(c2ccccc2)c2ccccc2)cc1. The zero-order valence-electron chi connectivity index (χ0n) is 31.5. The van der Waals surface area contributed by atoms with Crippen molar-refractivity contribution in [3.8, 4) is 0 Å². The Bertz CT molecular complexity index is 1630. The van der Waals surface area contributed by atoms with Crippen LogP contribution in [0.4, 0.5) is 30.4 Å². The summed E-state index contributed by atoms with van der Waals surface area (Å²) in [5.41, 5.74) is 0.108. The van der Waals surface area contributed by atoms with E-state index in [1.807, 2.05) is 0 Å². The first-order valence-electron chi connectivity index (χ1n) is 17.5. The molecule has 0 fully saturated rings. The molecule has 0 N–H and O–H groups in total. The number of hydrogen-bond donors (Lipinski definition) is 0. The smallest absolute Gasteiger partial charge is 0.479 e. The molecular formula is C44H43BF7NOP2Pt. The minimum atomic E-state index is -6.00. The zero-order valence-corrected chi connectivity index (χ0v) is 35.6. The summed E-state index contributed by atoms with van der Waals surface area (Å²) in [7, 11) is -6.89. The van der Waals surface area contributed by atoms with Gasteiger partial charge < -0.3 is 35.2 Å². The number of rotatable bonds is 6. The van der Waals surface area contributed by atoms with E-state index in [0.717, 1.165) is 19.0 Å². The van der Waals surface area contributed by atoms with Gasteiger partial charge in [0, 0.05) is 5.41 Å². The van der Waals surface area contributed by atoms with Gasteiger partial charge in [0.15, 0.2) is 12.6 Å². The predicted molar refractivity (Wildman–Crippen MR) is 225 cm³/mol. The summed E-state index contributed by atoms with van der Waals surface area (Å²) in [5, 5.41) is 8.39. The van der Waals surface area contributed by atoms with Crippen molar-refractivity contribution in [3.63, 3.8) is 0 Å². The van der Waals surface area contributed by atoms with Gasteiger partial charge >= 0.3 is 28.3 Å². The van der Waals surface area contributed by atoms with Crippen molar-refractivity contribution in [2.24, 2.45) is 10.4 Å². The molecule has 0 radical (unpaired) electrons. The fourth-order valence-electron chi connectivity index (χ4n) is 5.15. The van der Waals surface area contributed by atoms with Crippen LogP contribution < -0.4 is 31.8 Å². The van der Waals surface area contributed by atoms with Gasteiger partial charge in [-0.05, 0) is 47.7 Å². The Morgan fingerprint density at radius 3 is 0.789 bits per heavy atom. The van der Waals surface area contributed by atoms with Gasteiger partial charge in [-0.1, -0.05) is 203 Å². The molecule has 0 unspecified atom stereocenters. The molecule has 0 atom stereocenters. The molecule has 1 aliphatic rings. The standard InChI is InChI=1S/2C18H15P.C7H13NO.CF3.BF4.Pt/c2*1-4-10-16(11-5-1)19(17-12-6-2-7-13-17)18-14-8-3-9-15-18;1-7(2,3)6-8-4-5-9-6;2-1(3)4;2-1(3,4)5;/h2*1-15H;4-5H2,1-3H3;;;/q;;;2*-1;+2. The molecule has 2 nitrogen and oxygen atoms in total. The van der Waals surface area contributed by atoms with Crippen molar-refractivity contribution in [1.29, 1.82) is 0 Å². The third-order valence-corrected chi connectivity index (χ3v) is 12.2. The van der Waals surface area contributed by atoms with E-state index in [0.29, 0.717) is 0 Å². The number of ether oxygens (including phenoxy) is 1. The van der Waals surface area contributed by atoms with Gasteiger partial charge in [0.1, 0.15) is 6.61 Å². The molecule has 6 aromatic carbocycles. The molecule has 1 heterocycles. The molecule has 0 saturated carbocycles. The van der Waals surface area contributed by atoms with Crippen LogP contribution in [0.25, 0.3) is 0 Å². The zero-order chi connectivity index (χ0) is 40.8. The molecule has 0 aliphatic carbocycles. The van der Waals surface area contributed by atoms with Crippen molar-refractivity contribution in [3.05, 3.63) is 189 Å². The number of benzene rings is 6. The molecule has 0 aromatic heterocycles. The van der Waals surface area contributed by atoms with Crippen molar-refractivity contribution in [1.82, 2.24) is 0 Å². The van der Waals surface area contributed by atoms with E-state index in [1.165, 1.54) is 31.8 Å². The van der Waals surface area contributed by atoms with Crippen molar-refractivity contribution in [2.45, 2.75) is 20.8 Å². The maximum atomic E-state index is 9.75. The normalized spacial score (nSPS) is 11.8. The Morgan fingerprint density at radius 2 is 0.667 bits per heavy atom. The third-order valence-electron chi connectivity index (χ3n) is 7.31. The molecule has 13 heteroatoms. The summed E-state index contributed by atoms with van der Waals surface area (Å²) < 4.78 is 73.0. The second-order valence-electron chi connectivity index (χ2n) is 12.7. The average Bonchev–Trinajstić information content (AvgIpc) is 3.75. The first-order chi connectivity index (χ1) is 26.7. The van der Waals surface area contributed by atoms with Gasteiger partial charge in [-0.25, -0.2) is 0 Å². The van der Waals surface area contributed by atoms with Crippen molar-refractivity contribution >= 4 is 60.8 Å².